The molecule has 2 N–H and O–H groups in total. The van der Waals surface area contributed by atoms with E-state index in [-0.39, 0.29) is 5.78 Å². The van der Waals surface area contributed by atoms with Gasteiger partial charge in [-0.15, -0.1) is 0 Å². The minimum absolute atomic E-state index is 0.252. The Morgan fingerprint density at radius 1 is 1.38 bits per heavy atom. The molecule has 0 saturated carbocycles. The van der Waals surface area contributed by atoms with Crippen LogP contribution in [-0.4, -0.2) is 22.9 Å². The van der Waals surface area contributed by atoms with Gasteiger partial charge in [0.15, 0.2) is 10.9 Å². The Morgan fingerprint density at radius 2 is 2.24 bits per heavy atom. The van der Waals surface area contributed by atoms with E-state index in [0.29, 0.717) is 32.9 Å². The number of pyridine rings is 1. The van der Waals surface area contributed by atoms with Crippen molar-refractivity contribution in [1.29, 1.82) is 0 Å². The number of furan rings is 1. The van der Waals surface area contributed by atoms with Crippen LogP contribution in [0.2, 0.25) is 0 Å². The highest BCUT2D eigenvalue weighted by Gasteiger charge is 2.22. The van der Waals surface area contributed by atoms with E-state index in [1.165, 1.54) is 19.6 Å². The molecular weight excluding hydrogens is 290 g/mol. The number of hydrogen-bond acceptors (Lipinski definition) is 7. The second-order valence-corrected chi connectivity index (χ2v) is 5.15. The monoisotopic (exact) mass is 301 g/mol. The minimum Gasteiger partial charge on any atom is -0.495 e. The van der Waals surface area contributed by atoms with Gasteiger partial charge >= 0.3 is 0 Å². The van der Waals surface area contributed by atoms with Crippen LogP contribution in [-0.2, 0) is 0 Å². The van der Waals surface area contributed by atoms with Gasteiger partial charge in [0.05, 0.1) is 19.6 Å². The average molecular weight is 301 g/mol. The number of aromatic nitrogens is 2. The van der Waals surface area contributed by atoms with Crippen molar-refractivity contribution in [3.63, 3.8) is 0 Å². The fourth-order valence-corrected chi connectivity index (χ4v) is 2.61. The molecule has 0 bridgehead atoms. The van der Waals surface area contributed by atoms with E-state index in [1.807, 2.05) is 0 Å². The lowest BCUT2D eigenvalue weighted by atomic mass is 10.1. The molecule has 0 aliphatic carbocycles. The van der Waals surface area contributed by atoms with E-state index >= 15 is 0 Å². The Kier molecular flexibility index (Phi) is 3.41. The van der Waals surface area contributed by atoms with Crippen molar-refractivity contribution in [1.82, 2.24) is 9.97 Å². The van der Waals surface area contributed by atoms with Crippen LogP contribution in [0.25, 0.3) is 11.5 Å². The van der Waals surface area contributed by atoms with Crippen LogP contribution in [0.15, 0.2) is 41.1 Å². The minimum atomic E-state index is -0.252. The number of methoxy groups -OCH3 is 1. The fraction of sp³-hybridized carbons (Fsp3) is 0.0714. The van der Waals surface area contributed by atoms with Gasteiger partial charge in [-0.3, -0.25) is 4.79 Å². The van der Waals surface area contributed by atoms with Crippen LogP contribution < -0.4 is 10.5 Å². The van der Waals surface area contributed by atoms with E-state index in [4.69, 9.17) is 14.9 Å². The average Bonchev–Trinajstić information content (AvgIpc) is 3.15. The van der Waals surface area contributed by atoms with E-state index in [1.54, 1.807) is 24.3 Å². The molecule has 0 fully saturated rings. The van der Waals surface area contributed by atoms with Gasteiger partial charge in [0.1, 0.15) is 22.0 Å². The van der Waals surface area contributed by atoms with Crippen molar-refractivity contribution in [2.24, 2.45) is 0 Å². The van der Waals surface area contributed by atoms with Crippen molar-refractivity contribution in [2.45, 2.75) is 0 Å². The summed E-state index contributed by atoms with van der Waals surface area (Å²) >= 11 is 1.11. The smallest absolute Gasteiger partial charge is 0.223 e. The Labute approximate surface area is 124 Å². The highest BCUT2D eigenvalue weighted by molar-refractivity contribution is 7.18. The molecule has 3 heterocycles. The number of nitrogens with two attached hydrogens (primary N) is 1. The molecule has 6 nitrogen and oxygen atoms in total. The van der Waals surface area contributed by atoms with Gasteiger partial charge in [0.2, 0.25) is 5.78 Å². The molecule has 0 aromatic carbocycles. The number of anilines is 1. The maximum atomic E-state index is 12.5. The molecule has 0 amide bonds. The summed E-state index contributed by atoms with van der Waals surface area (Å²) in [6.07, 6.45) is 3.01. The Hall–Kier alpha value is -2.67. The number of hydrogen-bond donors (Lipinski definition) is 1. The van der Waals surface area contributed by atoms with Crippen LogP contribution in [0, 0.1) is 0 Å². The second kappa shape index (κ2) is 5.37. The van der Waals surface area contributed by atoms with Gasteiger partial charge in [-0.05, 0) is 24.3 Å². The molecule has 0 aliphatic heterocycles. The summed E-state index contributed by atoms with van der Waals surface area (Å²) in [6.45, 7) is 0. The van der Waals surface area contributed by atoms with Gasteiger partial charge in [0.25, 0.3) is 0 Å². The van der Waals surface area contributed by atoms with E-state index in [0.717, 1.165) is 11.3 Å². The molecule has 21 heavy (non-hydrogen) atoms. The third-order valence-electron chi connectivity index (χ3n) is 2.81. The number of carbonyl (C=O) groups excluding carboxylic acids is 1. The molecular formula is C14H11N3O3S. The first kappa shape index (κ1) is 13.3. The predicted molar refractivity (Wildman–Crippen MR) is 78.4 cm³/mol. The summed E-state index contributed by atoms with van der Waals surface area (Å²) in [5, 5.41) is 0.304. The normalized spacial score (nSPS) is 10.5. The molecule has 3 aromatic heterocycles. The number of ketones is 1. The molecule has 0 radical (unpaired) electrons. The molecule has 0 atom stereocenters. The predicted octanol–water partition coefficient (Wildman–Crippen LogP) is 2.62. The third-order valence-corrected chi connectivity index (χ3v) is 3.69. The number of ether oxygens (including phenoxy) is 1. The first-order chi connectivity index (χ1) is 10.2. The molecule has 0 aliphatic rings. The van der Waals surface area contributed by atoms with Crippen LogP contribution in [0.4, 0.5) is 5.13 Å². The Balaban J connectivity index is 2.01. The number of rotatable bonds is 4. The van der Waals surface area contributed by atoms with E-state index < -0.39 is 0 Å². The number of carbonyl (C=O) groups is 1. The number of nitrogens with zero attached hydrogens (tertiary/aromatic N) is 2. The lowest BCUT2D eigenvalue weighted by molar-refractivity contribution is 0.103. The highest BCUT2D eigenvalue weighted by atomic mass is 32.1. The molecule has 0 spiro atoms. The zero-order chi connectivity index (χ0) is 14.8. The topological polar surface area (TPSA) is 91.2 Å². The number of thiazole rings is 1. The lowest BCUT2D eigenvalue weighted by Crippen LogP contribution is -2.03. The van der Waals surface area contributed by atoms with Crippen LogP contribution in [0.1, 0.15) is 15.4 Å². The zero-order valence-electron chi connectivity index (χ0n) is 11.1. The SMILES string of the molecule is COc1ccc(C(=O)c2sc(N)nc2-c2ccco2)nc1. The highest BCUT2D eigenvalue weighted by Crippen LogP contribution is 2.31. The summed E-state index contributed by atoms with van der Waals surface area (Å²) in [6, 6.07) is 6.73. The molecule has 7 heteroatoms. The zero-order valence-corrected chi connectivity index (χ0v) is 11.9. The summed E-state index contributed by atoms with van der Waals surface area (Å²) in [7, 11) is 1.54. The fourth-order valence-electron chi connectivity index (χ4n) is 1.82. The van der Waals surface area contributed by atoms with Gasteiger partial charge in [-0.25, -0.2) is 9.97 Å². The molecule has 3 aromatic rings. The first-order valence-corrected chi connectivity index (χ1v) is 6.85. The first-order valence-electron chi connectivity index (χ1n) is 6.04. The van der Waals surface area contributed by atoms with E-state index in [2.05, 4.69) is 9.97 Å². The van der Waals surface area contributed by atoms with Crippen molar-refractivity contribution in [3.05, 3.63) is 47.3 Å². The lowest BCUT2D eigenvalue weighted by Gasteiger charge is -2.01. The summed E-state index contributed by atoms with van der Waals surface area (Å²) in [5.41, 5.74) is 6.45. The van der Waals surface area contributed by atoms with Crippen LogP contribution in [0.3, 0.4) is 0 Å². The third kappa shape index (κ3) is 2.50. The van der Waals surface area contributed by atoms with Crippen molar-refractivity contribution >= 4 is 22.3 Å². The molecule has 0 unspecified atom stereocenters. The van der Waals surface area contributed by atoms with Gasteiger partial charge in [0, 0.05) is 0 Å². The largest absolute Gasteiger partial charge is 0.495 e. The van der Waals surface area contributed by atoms with E-state index in [9.17, 15) is 4.79 Å². The Morgan fingerprint density at radius 3 is 2.86 bits per heavy atom. The molecule has 106 valence electrons. The van der Waals surface area contributed by atoms with Crippen molar-refractivity contribution in [3.8, 4) is 17.2 Å². The number of nitrogen functional groups attached to an aromatic ring is 1. The second-order valence-electron chi connectivity index (χ2n) is 4.12. The summed E-state index contributed by atoms with van der Waals surface area (Å²) < 4.78 is 10.3. The summed E-state index contributed by atoms with van der Waals surface area (Å²) in [5.74, 6) is 0.833. The van der Waals surface area contributed by atoms with Gasteiger partial charge in [-0.2, -0.15) is 0 Å². The molecule has 0 saturated heterocycles. The summed E-state index contributed by atoms with van der Waals surface area (Å²) in [4.78, 5) is 21.2. The van der Waals surface area contributed by atoms with Gasteiger partial charge in [-0.1, -0.05) is 11.3 Å². The molecule has 3 rings (SSSR count). The van der Waals surface area contributed by atoms with Crippen LogP contribution in [0.5, 0.6) is 5.75 Å². The maximum absolute atomic E-state index is 12.5. The van der Waals surface area contributed by atoms with Crippen molar-refractivity contribution in [2.75, 3.05) is 12.8 Å². The van der Waals surface area contributed by atoms with Gasteiger partial charge < -0.3 is 14.9 Å². The van der Waals surface area contributed by atoms with Crippen molar-refractivity contribution < 1.29 is 13.9 Å². The Bertz CT molecular complexity index is 763. The standard InChI is InChI=1S/C14H11N3O3S/c1-19-8-4-5-9(16-7-8)12(18)13-11(17-14(15)21-13)10-3-2-6-20-10/h2-7H,1H3,(H2,15,17). The quantitative estimate of drug-likeness (QED) is 0.745. The maximum Gasteiger partial charge on any atom is 0.223 e. The van der Waals surface area contributed by atoms with Crippen LogP contribution >= 0.6 is 11.3 Å².